The molecule has 0 saturated heterocycles. The summed E-state index contributed by atoms with van der Waals surface area (Å²) in [5, 5.41) is 0. The minimum atomic E-state index is -0.299. The largest absolute Gasteiger partial charge is 0.497 e. The highest BCUT2D eigenvalue weighted by atomic mass is 16.5. The fraction of sp³-hybridized carbons (Fsp3) is 0.400. The quantitative estimate of drug-likeness (QED) is 0.431. The molecule has 0 aromatic heterocycles. The van der Waals surface area contributed by atoms with E-state index in [0.717, 1.165) is 11.3 Å². The van der Waals surface area contributed by atoms with Crippen molar-refractivity contribution in [1.82, 2.24) is 0 Å². The van der Waals surface area contributed by atoms with Crippen LogP contribution in [0.4, 0.5) is 0 Å². The molecular formula is C15H20O4. The van der Waals surface area contributed by atoms with Gasteiger partial charge in [0.2, 0.25) is 0 Å². The van der Waals surface area contributed by atoms with E-state index in [4.69, 9.17) is 9.47 Å². The Hall–Kier alpha value is -1.81. The summed E-state index contributed by atoms with van der Waals surface area (Å²) in [6, 6.07) is 7.69. The molecule has 0 aliphatic carbocycles. The third kappa shape index (κ3) is 5.14. The van der Waals surface area contributed by atoms with Gasteiger partial charge in [-0.3, -0.25) is 0 Å². The Labute approximate surface area is 114 Å². The van der Waals surface area contributed by atoms with Gasteiger partial charge in [-0.15, -0.1) is 0 Å². The molecule has 0 amide bonds. The lowest BCUT2D eigenvalue weighted by molar-refractivity contribution is -0.136. The second-order valence-electron chi connectivity index (χ2n) is 3.94. The highest BCUT2D eigenvalue weighted by Crippen LogP contribution is 2.13. The minimum Gasteiger partial charge on any atom is -0.497 e. The van der Waals surface area contributed by atoms with Crippen molar-refractivity contribution in [1.29, 1.82) is 0 Å². The van der Waals surface area contributed by atoms with E-state index in [9.17, 15) is 4.79 Å². The van der Waals surface area contributed by atoms with Gasteiger partial charge in [0, 0.05) is 5.57 Å². The maximum absolute atomic E-state index is 11.3. The van der Waals surface area contributed by atoms with Crippen molar-refractivity contribution in [3.63, 3.8) is 0 Å². The van der Waals surface area contributed by atoms with Crippen molar-refractivity contribution in [2.24, 2.45) is 0 Å². The van der Waals surface area contributed by atoms with Crippen LogP contribution >= 0.6 is 0 Å². The van der Waals surface area contributed by atoms with Crippen molar-refractivity contribution in [3.8, 4) is 5.75 Å². The van der Waals surface area contributed by atoms with Gasteiger partial charge in [0.05, 0.1) is 27.4 Å². The van der Waals surface area contributed by atoms with Gasteiger partial charge in [0.25, 0.3) is 0 Å². The van der Waals surface area contributed by atoms with Crippen molar-refractivity contribution in [3.05, 3.63) is 41.5 Å². The molecular weight excluding hydrogens is 244 g/mol. The summed E-state index contributed by atoms with van der Waals surface area (Å²) in [7, 11) is 3.01. The van der Waals surface area contributed by atoms with E-state index in [0.29, 0.717) is 25.2 Å². The average molecular weight is 264 g/mol. The first-order valence-electron chi connectivity index (χ1n) is 6.19. The van der Waals surface area contributed by atoms with E-state index in [2.05, 4.69) is 4.74 Å². The monoisotopic (exact) mass is 264 g/mol. The van der Waals surface area contributed by atoms with Crippen LogP contribution in [0.5, 0.6) is 5.75 Å². The molecule has 19 heavy (non-hydrogen) atoms. The molecule has 0 atom stereocenters. The number of hydrogen-bond acceptors (Lipinski definition) is 4. The Kier molecular flexibility index (Phi) is 6.68. The molecule has 4 heteroatoms. The van der Waals surface area contributed by atoms with Crippen molar-refractivity contribution >= 4 is 5.97 Å². The number of carbonyl (C=O) groups excluding carboxylic acids is 1. The van der Waals surface area contributed by atoms with Crippen LogP contribution in [-0.4, -0.2) is 26.8 Å². The van der Waals surface area contributed by atoms with E-state index >= 15 is 0 Å². The Morgan fingerprint density at radius 2 is 2.11 bits per heavy atom. The summed E-state index contributed by atoms with van der Waals surface area (Å²) < 4.78 is 15.3. The van der Waals surface area contributed by atoms with Crippen LogP contribution in [0.15, 0.2) is 35.9 Å². The molecule has 0 N–H and O–H groups in total. The molecule has 0 spiro atoms. The van der Waals surface area contributed by atoms with E-state index in [1.165, 1.54) is 7.11 Å². The molecule has 0 aliphatic rings. The predicted octanol–water partition coefficient (Wildman–Crippen LogP) is 2.72. The lowest BCUT2D eigenvalue weighted by atomic mass is 10.2. The SMILES string of the molecule is CCC(=CCOCc1cccc(OC)c1)C(=O)OC. The van der Waals surface area contributed by atoms with Crippen LogP contribution in [0.25, 0.3) is 0 Å². The molecule has 0 bridgehead atoms. The van der Waals surface area contributed by atoms with Crippen molar-refractivity contribution < 1.29 is 19.0 Å². The molecule has 0 radical (unpaired) electrons. The summed E-state index contributed by atoms with van der Waals surface area (Å²) in [4.78, 5) is 11.3. The first-order valence-corrected chi connectivity index (χ1v) is 6.19. The Bertz CT molecular complexity index is 438. The normalized spacial score (nSPS) is 11.2. The molecule has 104 valence electrons. The van der Waals surface area contributed by atoms with Crippen LogP contribution in [0, 0.1) is 0 Å². The van der Waals surface area contributed by atoms with Crippen LogP contribution in [0.2, 0.25) is 0 Å². The van der Waals surface area contributed by atoms with Crippen LogP contribution < -0.4 is 4.74 Å². The van der Waals surface area contributed by atoms with Crippen LogP contribution in [0.3, 0.4) is 0 Å². The zero-order valence-electron chi connectivity index (χ0n) is 11.6. The molecule has 4 nitrogen and oxygen atoms in total. The second-order valence-corrected chi connectivity index (χ2v) is 3.94. The molecule has 0 saturated carbocycles. The average Bonchev–Trinajstić information content (AvgIpc) is 2.47. The fourth-order valence-corrected chi connectivity index (χ4v) is 1.60. The number of hydrogen-bond donors (Lipinski definition) is 0. The third-order valence-electron chi connectivity index (χ3n) is 2.68. The standard InChI is InChI=1S/C15H20O4/c1-4-13(15(16)18-3)8-9-19-11-12-6-5-7-14(10-12)17-2/h5-8,10H,4,9,11H2,1-3H3. The zero-order chi connectivity index (χ0) is 14.1. The minimum absolute atomic E-state index is 0.299. The van der Waals surface area contributed by atoms with Crippen molar-refractivity contribution in [2.45, 2.75) is 20.0 Å². The topological polar surface area (TPSA) is 44.8 Å². The molecule has 0 heterocycles. The first-order chi connectivity index (χ1) is 9.21. The number of esters is 1. The Morgan fingerprint density at radius 3 is 2.74 bits per heavy atom. The van der Waals surface area contributed by atoms with Gasteiger partial charge in [0.1, 0.15) is 5.75 Å². The van der Waals surface area contributed by atoms with Gasteiger partial charge in [-0.05, 0) is 30.2 Å². The summed E-state index contributed by atoms with van der Waals surface area (Å²) in [5.41, 5.74) is 1.66. The highest BCUT2D eigenvalue weighted by Gasteiger charge is 2.05. The summed E-state index contributed by atoms with van der Waals surface area (Å²) in [6.07, 6.45) is 2.39. The smallest absolute Gasteiger partial charge is 0.333 e. The molecule has 0 aliphatic heterocycles. The summed E-state index contributed by atoms with van der Waals surface area (Å²) >= 11 is 0. The highest BCUT2D eigenvalue weighted by molar-refractivity contribution is 5.88. The first kappa shape index (κ1) is 15.2. The van der Waals surface area contributed by atoms with E-state index in [-0.39, 0.29) is 5.97 Å². The van der Waals surface area contributed by atoms with E-state index < -0.39 is 0 Å². The molecule has 1 aromatic rings. The van der Waals surface area contributed by atoms with Gasteiger partial charge in [-0.1, -0.05) is 19.1 Å². The lowest BCUT2D eigenvalue weighted by Gasteiger charge is -2.05. The van der Waals surface area contributed by atoms with Gasteiger partial charge in [-0.25, -0.2) is 4.79 Å². The van der Waals surface area contributed by atoms with Gasteiger partial charge < -0.3 is 14.2 Å². The second kappa shape index (κ2) is 8.32. The van der Waals surface area contributed by atoms with E-state index in [1.807, 2.05) is 31.2 Å². The lowest BCUT2D eigenvalue weighted by Crippen LogP contribution is -2.05. The molecule has 1 aromatic carbocycles. The predicted molar refractivity (Wildman–Crippen MR) is 73.0 cm³/mol. The maximum atomic E-state index is 11.3. The summed E-state index contributed by atoms with van der Waals surface area (Å²) in [6.45, 7) is 2.77. The molecule has 1 rings (SSSR count). The fourth-order valence-electron chi connectivity index (χ4n) is 1.60. The third-order valence-corrected chi connectivity index (χ3v) is 2.68. The Balaban J connectivity index is 2.45. The van der Waals surface area contributed by atoms with E-state index in [1.54, 1.807) is 13.2 Å². The number of rotatable bonds is 7. The van der Waals surface area contributed by atoms with Gasteiger partial charge >= 0.3 is 5.97 Å². The Morgan fingerprint density at radius 1 is 1.32 bits per heavy atom. The number of ether oxygens (including phenoxy) is 3. The summed E-state index contributed by atoms with van der Waals surface area (Å²) in [5.74, 6) is 0.507. The maximum Gasteiger partial charge on any atom is 0.333 e. The number of carbonyl (C=O) groups is 1. The van der Waals surface area contributed by atoms with Crippen molar-refractivity contribution in [2.75, 3.05) is 20.8 Å². The van der Waals surface area contributed by atoms with Gasteiger partial charge in [-0.2, -0.15) is 0 Å². The van der Waals surface area contributed by atoms with Gasteiger partial charge in [0.15, 0.2) is 0 Å². The number of methoxy groups -OCH3 is 2. The number of benzene rings is 1. The van der Waals surface area contributed by atoms with Crippen LogP contribution in [0.1, 0.15) is 18.9 Å². The molecule has 0 unspecified atom stereocenters. The molecule has 0 fully saturated rings. The zero-order valence-corrected chi connectivity index (χ0v) is 11.6. The van der Waals surface area contributed by atoms with Crippen LogP contribution in [-0.2, 0) is 20.9 Å².